The molecule has 3 aromatic carbocycles. The average molecular weight is 469 g/mol. The minimum Gasteiger partial charge on any atom is -0.478 e. The van der Waals surface area contributed by atoms with Gasteiger partial charge in [0, 0.05) is 18.2 Å². The van der Waals surface area contributed by atoms with Gasteiger partial charge >= 0.3 is 12.1 Å². The van der Waals surface area contributed by atoms with Gasteiger partial charge in [0.1, 0.15) is 12.1 Å². The molecule has 6 rings (SSSR count). The first-order valence-corrected chi connectivity index (χ1v) is 11.8. The van der Waals surface area contributed by atoms with Crippen LogP contribution in [0.15, 0.2) is 66.7 Å². The van der Waals surface area contributed by atoms with Gasteiger partial charge in [0.2, 0.25) is 0 Å². The quantitative estimate of drug-likeness (QED) is 0.581. The first-order chi connectivity index (χ1) is 17.0. The van der Waals surface area contributed by atoms with Crippen LogP contribution in [0.1, 0.15) is 45.8 Å². The van der Waals surface area contributed by atoms with Crippen molar-refractivity contribution in [3.8, 4) is 11.1 Å². The number of carboxylic acids is 1. The molecular weight excluding hydrogens is 444 g/mol. The predicted molar refractivity (Wildman–Crippen MR) is 130 cm³/mol. The molecule has 3 aliphatic rings. The van der Waals surface area contributed by atoms with Gasteiger partial charge in [-0.1, -0.05) is 54.6 Å². The van der Waals surface area contributed by atoms with Crippen LogP contribution in [-0.4, -0.2) is 41.8 Å². The van der Waals surface area contributed by atoms with E-state index in [1.165, 1.54) is 6.07 Å². The van der Waals surface area contributed by atoms with Crippen LogP contribution in [0.4, 0.5) is 10.5 Å². The van der Waals surface area contributed by atoms with Crippen LogP contribution in [0.3, 0.4) is 0 Å². The minimum atomic E-state index is -1.04. The maximum absolute atomic E-state index is 13.4. The van der Waals surface area contributed by atoms with Crippen LogP contribution in [0, 0.1) is 0 Å². The number of carbonyl (C=O) groups excluding carboxylic acids is 2. The zero-order chi connectivity index (χ0) is 24.2. The molecule has 1 aliphatic heterocycles. The van der Waals surface area contributed by atoms with Crippen molar-refractivity contribution in [3.05, 3.63) is 89.0 Å². The number of amides is 2. The van der Waals surface area contributed by atoms with Gasteiger partial charge in [-0.05, 0) is 59.2 Å². The highest BCUT2D eigenvalue weighted by Gasteiger charge is 2.54. The van der Waals surface area contributed by atoms with E-state index >= 15 is 0 Å². The van der Waals surface area contributed by atoms with Gasteiger partial charge < -0.3 is 20.1 Å². The summed E-state index contributed by atoms with van der Waals surface area (Å²) >= 11 is 0. The number of nitrogens with zero attached hydrogens (tertiary/aromatic N) is 1. The Labute approximate surface area is 202 Å². The number of nitrogens with one attached hydrogen (secondary N) is 1. The van der Waals surface area contributed by atoms with E-state index in [0.29, 0.717) is 31.5 Å². The third kappa shape index (κ3) is 3.55. The summed E-state index contributed by atoms with van der Waals surface area (Å²) in [6.45, 7) is 0.643. The van der Waals surface area contributed by atoms with Crippen LogP contribution < -0.4 is 10.2 Å². The number of alkyl carbamates (subject to hydrolysis) is 1. The van der Waals surface area contributed by atoms with Crippen LogP contribution in [-0.2, 0) is 16.0 Å². The van der Waals surface area contributed by atoms with Crippen molar-refractivity contribution in [1.82, 2.24) is 5.32 Å². The molecule has 1 heterocycles. The van der Waals surface area contributed by atoms with Crippen molar-refractivity contribution in [2.75, 3.05) is 18.1 Å². The van der Waals surface area contributed by atoms with E-state index in [1.54, 1.807) is 17.0 Å². The molecule has 0 saturated heterocycles. The summed E-state index contributed by atoms with van der Waals surface area (Å²) in [5.41, 5.74) is 5.24. The summed E-state index contributed by atoms with van der Waals surface area (Å²) in [6, 6.07) is 21.1. The molecule has 1 fully saturated rings. The molecular formula is C28H24N2O5. The molecule has 0 atom stereocenters. The second kappa shape index (κ2) is 7.98. The minimum absolute atomic E-state index is 0.0566. The number of benzene rings is 3. The molecule has 2 N–H and O–H groups in total. The zero-order valence-corrected chi connectivity index (χ0v) is 19.0. The van der Waals surface area contributed by atoms with Crippen molar-refractivity contribution < 1.29 is 24.2 Å². The highest BCUT2D eigenvalue weighted by atomic mass is 16.5. The van der Waals surface area contributed by atoms with Crippen molar-refractivity contribution in [2.45, 2.75) is 30.7 Å². The zero-order valence-electron chi connectivity index (χ0n) is 19.0. The molecule has 7 heteroatoms. The lowest BCUT2D eigenvalue weighted by Gasteiger charge is -2.25. The number of hydrogen-bond donors (Lipinski definition) is 2. The third-order valence-electron chi connectivity index (χ3n) is 7.32. The highest BCUT2D eigenvalue weighted by Crippen LogP contribution is 2.45. The molecule has 35 heavy (non-hydrogen) atoms. The number of ether oxygens (including phenoxy) is 1. The van der Waals surface area contributed by atoms with E-state index in [9.17, 15) is 19.5 Å². The number of anilines is 1. The van der Waals surface area contributed by atoms with Gasteiger partial charge in [0.05, 0.1) is 5.56 Å². The predicted octanol–water partition coefficient (Wildman–Crippen LogP) is 4.35. The molecule has 7 nitrogen and oxygen atoms in total. The van der Waals surface area contributed by atoms with E-state index < -0.39 is 17.6 Å². The third-order valence-corrected chi connectivity index (χ3v) is 7.32. The SMILES string of the molecule is O=C(NC1(C(=O)N2CCc3ccc(C(=O)O)cc32)CC1)OCC1c2ccccc2-c2ccccc21. The molecule has 0 spiro atoms. The fraction of sp³-hybridized carbons (Fsp3) is 0.250. The van der Waals surface area contributed by atoms with Gasteiger partial charge in [-0.3, -0.25) is 4.79 Å². The second-order valence-corrected chi connectivity index (χ2v) is 9.39. The summed E-state index contributed by atoms with van der Waals surface area (Å²) < 4.78 is 5.65. The monoisotopic (exact) mass is 468 g/mol. The fourth-order valence-electron chi connectivity index (χ4n) is 5.33. The van der Waals surface area contributed by atoms with Gasteiger partial charge in [-0.15, -0.1) is 0 Å². The Kier molecular flexibility index (Phi) is 4.88. The van der Waals surface area contributed by atoms with Gasteiger partial charge in [0.15, 0.2) is 0 Å². The average Bonchev–Trinajstić information content (AvgIpc) is 3.41. The lowest BCUT2D eigenvalue weighted by atomic mass is 9.98. The Morgan fingerprint density at radius 3 is 2.26 bits per heavy atom. The standard InChI is InChI=1S/C28H24N2O5/c31-25(32)18-10-9-17-11-14-30(24(17)15-18)26(33)28(12-13-28)29-27(34)35-16-23-21-7-3-1-5-19(21)20-6-2-4-8-22(20)23/h1-10,15,23H,11-14,16H2,(H,29,34)(H,31,32). The van der Waals surface area contributed by atoms with E-state index in [2.05, 4.69) is 29.6 Å². The Morgan fingerprint density at radius 2 is 1.63 bits per heavy atom. The number of aromatic carboxylic acids is 1. The largest absolute Gasteiger partial charge is 0.478 e. The number of hydrogen-bond acceptors (Lipinski definition) is 4. The summed E-state index contributed by atoms with van der Waals surface area (Å²) in [5, 5.41) is 12.1. The summed E-state index contributed by atoms with van der Waals surface area (Å²) in [7, 11) is 0. The Morgan fingerprint density at radius 1 is 0.971 bits per heavy atom. The summed E-state index contributed by atoms with van der Waals surface area (Å²) in [5.74, 6) is -1.31. The number of fused-ring (bicyclic) bond motifs is 4. The summed E-state index contributed by atoms with van der Waals surface area (Å²) in [4.78, 5) is 39.2. The molecule has 2 amide bonds. The maximum atomic E-state index is 13.4. The normalized spacial score (nSPS) is 16.7. The van der Waals surface area contributed by atoms with Crippen molar-refractivity contribution >= 4 is 23.7 Å². The molecule has 1 saturated carbocycles. The molecule has 176 valence electrons. The number of rotatable bonds is 5. The number of carbonyl (C=O) groups is 3. The van der Waals surface area contributed by atoms with Gasteiger partial charge in [-0.25, -0.2) is 9.59 Å². The Hall–Kier alpha value is -4.13. The first-order valence-electron chi connectivity index (χ1n) is 11.8. The highest BCUT2D eigenvalue weighted by molar-refractivity contribution is 6.06. The molecule has 0 bridgehead atoms. The van der Waals surface area contributed by atoms with E-state index in [1.807, 2.05) is 24.3 Å². The van der Waals surface area contributed by atoms with Crippen LogP contribution in [0.25, 0.3) is 11.1 Å². The molecule has 0 unspecified atom stereocenters. The van der Waals surface area contributed by atoms with Gasteiger partial charge in [0.25, 0.3) is 5.91 Å². The Balaban J connectivity index is 1.15. The number of carboxylic acid groups (broad SMARTS) is 1. The van der Waals surface area contributed by atoms with Crippen LogP contribution in [0.2, 0.25) is 0 Å². The van der Waals surface area contributed by atoms with Crippen LogP contribution >= 0.6 is 0 Å². The van der Waals surface area contributed by atoms with Crippen molar-refractivity contribution in [1.29, 1.82) is 0 Å². The fourth-order valence-corrected chi connectivity index (χ4v) is 5.33. The molecule has 3 aromatic rings. The van der Waals surface area contributed by atoms with E-state index in [0.717, 1.165) is 27.8 Å². The summed E-state index contributed by atoms with van der Waals surface area (Å²) in [6.07, 6.45) is 1.10. The topological polar surface area (TPSA) is 95.9 Å². The van der Waals surface area contributed by atoms with Crippen molar-refractivity contribution in [2.24, 2.45) is 0 Å². The second-order valence-electron chi connectivity index (χ2n) is 9.39. The lowest BCUT2D eigenvalue weighted by molar-refractivity contribution is -0.121. The Bertz CT molecular complexity index is 1330. The molecule has 2 aliphatic carbocycles. The van der Waals surface area contributed by atoms with Gasteiger partial charge in [-0.2, -0.15) is 0 Å². The van der Waals surface area contributed by atoms with E-state index in [-0.39, 0.29) is 24.0 Å². The molecule has 0 aromatic heterocycles. The lowest BCUT2D eigenvalue weighted by Crippen LogP contribution is -2.50. The van der Waals surface area contributed by atoms with E-state index in [4.69, 9.17) is 4.74 Å². The van der Waals surface area contributed by atoms with Crippen LogP contribution in [0.5, 0.6) is 0 Å². The maximum Gasteiger partial charge on any atom is 0.408 e. The first kappa shape index (κ1) is 21.4. The smallest absolute Gasteiger partial charge is 0.408 e. The molecule has 0 radical (unpaired) electrons. The van der Waals surface area contributed by atoms with Crippen molar-refractivity contribution in [3.63, 3.8) is 0 Å².